The lowest BCUT2D eigenvalue weighted by Gasteiger charge is -2.32. The van der Waals surface area contributed by atoms with Crippen LogP contribution in [0.5, 0.6) is 0 Å². The maximum absolute atomic E-state index is 12.6. The highest BCUT2D eigenvalue weighted by atomic mass is 19.4. The van der Waals surface area contributed by atoms with Crippen LogP contribution < -0.4 is 5.32 Å². The number of halogens is 3. The zero-order valence-corrected chi connectivity index (χ0v) is 15.1. The van der Waals surface area contributed by atoms with E-state index in [1.165, 1.54) is 12.1 Å². The van der Waals surface area contributed by atoms with Gasteiger partial charge in [0, 0.05) is 30.6 Å². The van der Waals surface area contributed by atoms with E-state index >= 15 is 0 Å². The van der Waals surface area contributed by atoms with Gasteiger partial charge in [-0.15, -0.1) is 0 Å². The average Bonchev–Trinajstić information content (AvgIpc) is 2.60. The largest absolute Gasteiger partial charge is 0.416 e. The molecule has 1 N–H and O–H groups in total. The van der Waals surface area contributed by atoms with Crippen LogP contribution in [0, 0.1) is 5.92 Å². The Morgan fingerprint density at radius 2 is 1.77 bits per heavy atom. The number of piperidine rings is 1. The van der Waals surface area contributed by atoms with Crippen molar-refractivity contribution in [1.82, 2.24) is 10.2 Å². The van der Waals surface area contributed by atoms with E-state index in [4.69, 9.17) is 0 Å². The third kappa shape index (κ3) is 5.22. The zero-order valence-electron chi connectivity index (χ0n) is 15.1. The molecule has 1 heterocycles. The number of amides is 2. The number of carbonyl (C=O) groups excluding carboxylic acids is 2. The van der Waals surface area contributed by atoms with Crippen molar-refractivity contribution in [2.45, 2.75) is 51.7 Å². The molecule has 1 saturated heterocycles. The molecule has 26 heavy (non-hydrogen) atoms. The Kier molecular flexibility index (Phi) is 6.67. The predicted molar refractivity (Wildman–Crippen MR) is 92.6 cm³/mol. The first-order chi connectivity index (χ1) is 12.2. The number of alkyl halides is 3. The molecule has 1 aliphatic heterocycles. The minimum Gasteiger partial charge on any atom is -0.353 e. The van der Waals surface area contributed by atoms with Gasteiger partial charge in [0.05, 0.1) is 5.56 Å². The van der Waals surface area contributed by atoms with E-state index in [0.717, 1.165) is 25.0 Å². The SMILES string of the molecule is CCCC(C)NC(=O)C1CCN(C(=O)c2ccc(C(F)(F)F)cc2)CC1. The van der Waals surface area contributed by atoms with E-state index in [1.54, 1.807) is 4.90 Å². The Hall–Kier alpha value is -2.05. The van der Waals surface area contributed by atoms with Gasteiger partial charge in [0.25, 0.3) is 5.91 Å². The first-order valence-electron chi connectivity index (χ1n) is 8.99. The summed E-state index contributed by atoms with van der Waals surface area (Å²) in [5.74, 6) is -0.393. The summed E-state index contributed by atoms with van der Waals surface area (Å²) in [5, 5.41) is 3.00. The van der Waals surface area contributed by atoms with E-state index in [0.29, 0.717) is 25.9 Å². The first kappa shape index (κ1) is 20.3. The van der Waals surface area contributed by atoms with Crippen molar-refractivity contribution in [3.8, 4) is 0 Å². The number of hydrogen-bond acceptors (Lipinski definition) is 2. The second-order valence-corrected chi connectivity index (χ2v) is 6.84. The normalized spacial score (nSPS) is 17.0. The molecule has 7 heteroatoms. The lowest BCUT2D eigenvalue weighted by molar-refractivity contribution is -0.137. The summed E-state index contributed by atoms with van der Waals surface area (Å²) in [4.78, 5) is 26.3. The monoisotopic (exact) mass is 370 g/mol. The van der Waals surface area contributed by atoms with Crippen molar-refractivity contribution >= 4 is 11.8 Å². The Balaban J connectivity index is 1.89. The van der Waals surface area contributed by atoms with Gasteiger partial charge < -0.3 is 10.2 Å². The quantitative estimate of drug-likeness (QED) is 0.856. The van der Waals surface area contributed by atoms with Gasteiger partial charge in [-0.2, -0.15) is 13.2 Å². The highest BCUT2D eigenvalue weighted by molar-refractivity contribution is 5.94. The molecular weight excluding hydrogens is 345 g/mol. The molecule has 0 saturated carbocycles. The molecule has 1 aromatic carbocycles. The molecule has 4 nitrogen and oxygen atoms in total. The molecule has 0 aromatic heterocycles. The fourth-order valence-corrected chi connectivity index (χ4v) is 3.20. The highest BCUT2D eigenvalue weighted by Crippen LogP contribution is 2.29. The molecule has 0 bridgehead atoms. The van der Waals surface area contributed by atoms with Crippen LogP contribution in [0.25, 0.3) is 0 Å². The van der Waals surface area contributed by atoms with E-state index < -0.39 is 11.7 Å². The van der Waals surface area contributed by atoms with E-state index in [-0.39, 0.29) is 29.3 Å². The van der Waals surface area contributed by atoms with Crippen LogP contribution in [-0.4, -0.2) is 35.8 Å². The molecule has 1 aromatic rings. The van der Waals surface area contributed by atoms with E-state index in [9.17, 15) is 22.8 Å². The molecule has 1 aliphatic rings. The minimum atomic E-state index is -4.41. The van der Waals surface area contributed by atoms with Gasteiger partial charge in [-0.05, 0) is 50.5 Å². The summed E-state index contributed by atoms with van der Waals surface area (Å²) in [6, 6.07) is 4.39. The number of nitrogens with one attached hydrogen (secondary N) is 1. The van der Waals surface area contributed by atoms with Crippen molar-refractivity contribution in [3.05, 3.63) is 35.4 Å². The Morgan fingerprint density at radius 1 is 1.19 bits per heavy atom. The summed E-state index contributed by atoms with van der Waals surface area (Å²) >= 11 is 0. The van der Waals surface area contributed by atoms with Crippen LogP contribution in [-0.2, 0) is 11.0 Å². The number of rotatable bonds is 5. The predicted octanol–water partition coefficient (Wildman–Crippen LogP) is 3.86. The number of likely N-dealkylation sites (tertiary alicyclic amines) is 1. The molecule has 2 amide bonds. The molecule has 1 unspecified atom stereocenters. The smallest absolute Gasteiger partial charge is 0.353 e. The molecule has 144 valence electrons. The van der Waals surface area contributed by atoms with Crippen molar-refractivity contribution in [3.63, 3.8) is 0 Å². The van der Waals surface area contributed by atoms with E-state index in [1.807, 2.05) is 6.92 Å². The second kappa shape index (κ2) is 8.56. The standard InChI is InChI=1S/C19H25F3N2O2/c1-3-4-13(2)23-17(25)14-9-11-24(12-10-14)18(26)15-5-7-16(8-6-15)19(20,21)22/h5-8,13-14H,3-4,9-12H2,1-2H3,(H,23,25). The average molecular weight is 370 g/mol. The maximum Gasteiger partial charge on any atom is 0.416 e. The molecule has 0 radical (unpaired) electrons. The second-order valence-electron chi connectivity index (χ2n) is 6.84. The Labute approximate surface area is 151 Å². The van der Waals surface area contributed by atoms with Crippen LogP contribution in [0.4, 0.5) is 13.2 Å². The maximum atomic E-state index is 12.6. The third-order valence-corrected chi connectivity index (χ3v) is 4.72. The minimum absolute atomic E-state index is 0.0209. The lowest BCUT2D eigenvalue weighted by atomic mass is 9.95. The fraction of sp³-hybridized carbons (Fsp3) is 0.579. The number of benzene rings is 1. The molecule has 1 fully saturated rings. The van der Waals surface area contributed by atoms with Gasteiger partial charge in [-0.1, -0.05) is 13.3 Å². The van der Waals surface area contributed by atoms with E-state index in [2.05, 4.69) is 12.2 Å². The molecule has 1 atom stereocenters. The van der Waals surface area contributed by atoms with Crippen LogP contribution in [0.1, 0.15) is 55.5 Å². The number of hydrogen-bond donors (Lipinski definition) is 1. The number of nitrogens with zero attached hydrogens (tertiary/aromatic N) is 1. The fourth-order valence-electron chi connectivity index (χ4n) is 3.20. The van der Waals surface area contributed by atoms with Gasteiger partial charge in [0.15, 0.2) is 0 Å². The van der Waals surface area contributed by atoms with Gasteiger partial charge in [-0.25, -0.2) is 0 Å². The van der Waals surface area contributed by atoms with Crippen molar-refractivity contribution in [1.29, 1.82) is 0 Å². The topological polar surface area (TPSA) is 49.4 Å². The molecule has 0 spiro atoms. The summed E-state index contributed by atoms with van der Waals surface area (Å²) in [6.07, 6.45) is -1.35. The van der Waals surface area contributed by atoms with Gasteiger partial charge in [0.1, 0.15) is 0 Å². The van der Waals surface area contributed by atoms with Crippen LogP contribution in [0.15, 0.2) is 24.3 Å². The molecule has 2 rings (SSSR count). The molecular formula is C19H25F3N2O2. The van der Waals surface area contributed by atoms with Gasteiger partial charge in [0.2, 0.25) is 5.91 Å². The number of carbonyl (C=O) groups is 2. The molecule has 0 aliphatic carbocycles. The summed E-state index contributed by atoms with van der Waals surface area (Å²) in [7, 11) is 0. The zero-order chi connectivity index (χ0) is 19.3. The van der Waals surface area contributed by atoms with Gasteiger partial charge >= 0.3 is 6.18 Å². The summed E-state index contributed by atoms with van der Waals surface area (Å²) < 4.78 is 37.8. The first-order valence-corrected chi connectivity index (χ1v) is 8.99. The van der Waals surface area contributed by atoms with Crippen LogP contribution in [0.2, 0.25) is 0 Å². The van der Waals surface area contributed by atoms with Crippen LogP contribution in [0.3, 0.4) is 0 Å². The summed E-state index contributed by atoms with van der Waals surface area (Å²) in [6.45, 7) is 4.90. The Morgan fingerprint density at radius 3 is 2.27 bits per heavy atom. The Bertz CT molecular complexity index is 621. The van der Waals surface area contributed by atoms with Gasteiger partial charge in [-0.3, -0.25) is 9.59 Å². The lowest BCUT2D eigenvalue weighted by Crippen LogP contribution is -2.44. The van der Waals surface area contributed by atoms with Crippen molar-refractivity contribution in [2.75, 3.05) is 13.1 Å². The van der Waals surface area contributed by atoms with Crippen LogP contribution >= 0.6 is 0 Å². The van der Waals surface area contributed by atoms with Crippen molar-refractivity contribution < 1.29 is 22.8 Å². The summed E-state index contributed by atoms with van der Waals surface area (Å²) in [5.41, 5.74) is -0.539. The highest BCUT2D eigenvalue weighted by Gasteiger charge is 2.31. The van der Waals surface area contributed by atoms with Crippen molar-refractivity contribution in [2.24, 2.45) is 5.92 Å². The third-order valence-electron chi connectivity index (χ3n) is 4.72.